The van der Waals surface area contributed by atoms with Crippen molar-refractivity contribution < 1.29 is 4.79 Å². The first-order valence-corrected chi connectivity index (χ1v) is 7.88. The van der Waals surface area contributed by atoms with Crippen molar-refractivity contribution >= 4 is 29.2 Å². The number of amides is 1. The lowest BCUT2D eigenvalue weighted by Crippen LogP contribution is -2.25. The van der Waals surface area contributed by atoms with Gasteiger partial charge in [0.2, 0.25) is 5.91 Å². The zero-order valence-electron chi connectivity index (χ0n) is 11.2. The summed E-state index contributed by atoms with van der Waals surface area (Å²) in [5.74, 6) is 1.97. The average Bonchev–Trinajstić information content (AvgIpc) is 2.86. The van der Waals surface area contributed by atoms with Gasteiger partial charge in [0.05, 0.1) is 11.9 Å². The summed E-state index contributed by atoms with van der Waals surface area (Å²) in [6, 6.07) is 2.66. The van der Waals surface area contributed by atoms with Gasteiger partial charge in [0.1, 0.15) is 5.82 Å². The smallest absolute Gasteiger partial charge is 0.227 e. The van der Waals surface area contributed by atoms with Crippen molar-refractivity contribution in [2.75, 3.05) is 23.0 Å². The van der Waals surface area contributed by atoms with Crippen molar-refractivity contribution in [3.05, 3.63) is 12.3 Å². The van der Waals surface area contributed by atoms with Crippen LogP contribution in [0.1, 0.15) is 32.1 Å². The number of nitrogens with one attached hydrogen (secondary N) is 1. The Morgan fingerprint density at radius 2 is 2.21 bits per heavy atom. The lowest BCUT2D eigenvalue weighted by atomic mass is 10.2. The number of hydrogen-bond acceptors (Lipinski definition) is 4. The second-order valence-corrected chi connectivity index (χ2v) is 6.35. The molecular weight excluding hydrogens is 258 g/mol. The van der Waals surface area contributed by atoms with E-state index < -0.39 is 0 Å². The van der Waals surface area contributed by atoms with Crippen LogP contribution in [0.15, 0.2) is 17.2 Å². The standard InChI is InChI=1S/C14H19N3OS/c1-17-11-9-15-13(16-10-4-2-3-5-10)8-12(11)19-7-6-14(17)18/h8-10H,2-7H2,1H3,(H,15,16). The van der Waals surface area contributed by atoms with Crippen molar-refractivity contribution in [2.24, 2.45) is 0 Å². The molecule has 0 unspecified atom stereocenters. The fourth-order valence-corrected chi connectivity index (χ4v) is 3.73. The largest absolute Gasteiger partial charge is 0.367 e. The van der Waals surface area contributed by atoms with Crippen molar-refractivity contribution in [3.63, 3.8) is 0 Å². The Kier molecular flexibility index (Phi) is 3.64. The number of aromatic nitrogens is 1. The van der Waals surface area contributed by atoms with Crippen LogP contribution >= 0.6 is 11.8 Å². The molecule has 1 N–H and O–H groups in total. The molecule has 0 aromatic carbocycles. The Morgan fingerprint density at radius 1 is 1.42 bits per heavy atom. The van der Waals surface area contributed by atoms with E-state index in [1.807, 2.05) is 13.2 Å². The predicted octanol–water partition coefficient (Wildman–Crippen LogP) is 2.89. The van der Waals surface area contributed by atoms with Gasteiger partial charge in [-0.05, 0) is 18.9 Å². The molecule has 102 valence electrons. The van der Waals surface area contributed by atoms with Gasteiger partial charge in [-0.2, -0.15) is 0 Å². The first-order valence-electron chi connectivity index (χ1n) is 6.90. The molecule has 0 radical (unpaired) electrons. The third kappa shape index (κ3) is 2.71. The summed E-state index contributed by atoms with van der Waals surface area (Å²) < 4.78 is 0. The number of nitrogens with zero attached hydrogens (tertiary/aromatic N) is 2. The average molecular weight is 277 g/mol. The van der Waals surface area contributed by atoms with E-state index in [0.717, 1.165) is 22.2 Å². The van der Waals surface area contributed by atoms with E-state index in [2.05, 4.69) is 16.4 Å². The van der Waals surface area contributed by atoms with Gasteiger partial charge in [-0.1, -0.05) is 12.8 Å². The van der Waals surface area contributed by atoms with Crippen LogP contribution in [0.4, 0.5) is 11.5 Å². The molecule has 1 saturated carbocycles. The predicted molar refractivity (Wildman–Crippen MR) is 78.9 cm³/mol. The second-order valence-electron chi connectivity index (χ2n) is 5.21. The van der Waals surface area contributed by atoms with Gasteiger partial charge in [0.15, 0.2) is 0 Å². The Bertz CT molecular complexity index is 486. The molecule has 19 heavy (non-hydrogen) atoms. The molecule has 1 aromatic heterocycles. The quantitative estimate of drug-likeness (QED) is 0.903. The minimum absolute atomic E-state index is 0.171. The molecule has 1 fully saturated rings. The minimum Gasteiger partial charge on any atom is -0.367 e. The van der Waals surface area contributed by atoms with Crippen LogP contribution in [0.25, 0.3) is 0 Å². The number of hydrogen-bond donors (Lipinski definition) is 1. The Morgan fingerprint density at radius 3 is 3.00 bits per heavy atom. The lowest BCUT2D eigenvalue weighted by Gasteiger charge is -2.18. The van der Waals surface area contributed by atoms with Crippen molar-refractivity contribution in [2.45, 2.75) is 43.0 Å². The molecule has 1 amide bonds. The van der Waals surface area contributed by atoms with Gasteiger partial charge in [-0.15, -0.1) is 11.8 Å². The molecule has 4 nitrogen and oxygen atoms in total. The van der Waals surface area contributed by atoms with Gasteiger partial charge in [-0.3, -0.25) is 4.79 Å². The normalized spacial score (nSPS) is 20.3. The number of carbonyl (C=O) groups is 1. The molecule has 1 aliphatic heterocycles. The number of pyridine rings is 1. The Balaban J connectivity index is 1.82. The highest BCUT2D eigenvalue weighted by atomic mass is 32.2. The van der Waals surface area contributed by atoms with E-state index in [0.29, 0.717) is 12.5 Å². The topological polar surface area (TPSA) is 45.2 Å². The zero-order valence-corrected chi connectivity index (χ0v) is 12.0. The number of anilines is 2. The molecule has 5 heteroatoms. The minimum atomic E-state index is 0.171. The molecule has 2 aliphatic rings. The number of carbonyl (C=O) groups excluding carboxylic acids is 1. The van der Waals surface area contributed by atoms with E-state index >= 15 is 0 Å². The third-order valence-corrected chi connectivity index (χ3v) is 4.91. The maximum Gasteiger partial charge on any atom is 0.227 e. The van der Waals surface area contributed by atoms with Crippen molar-refractivity contribution in [1.82, 2.24) is 4.98 Å². The maximum atomic E-state index is 11.8. The summed E-state index contributed by atoms with van der Waals surface area (Å²) in [5.41, 5.74) is 0.935. The van der Waals surface area contributed by atoms with Gasteiger partial charge < -0.3 is 10.2 Å². The van der Waals surface area contributed by atoms with Crippen LogP contribution < -0.4 is 10.2 Å². The Hall–Kier alpha value is -1.23. The van der Waals surface area contributed by atoms with Crippen LogP contribution in [0, 0.1) is 0 Å². The van der Waals surface area contributed by atoms with E-state index in [-0.39, 0.29) is 5.91 Å². The highest BCUT2D eigenvalue weighted by Gasteiger charge is 2.21. The second kappa shape index (κ2) is 5.41. The molecule has 1 aliphatic carbocycles. The number of thioether (sulfide) groups is 1. The summed E-state index contributed by atoms with van der Waals surface area (Å²) in [7, 11) is 1.83. The van der Waals surface area contributed by atoms with Crippen LogP contribution in [0.5, 0.6) is 0 Å². The van der Waals surface area contributed by atoms with Gasteiger partial charge >= 0.3 is 0 Å². The van der Waals surface area contributed by atoms with Gasteiger partial charge in [-0.25, -0.2) is 4.98 Å². The third-order valence-electron chi connectivity index (χ3n) is 3.86. The van der Waals surface area contributed by atoms with Gasteiger partial charge in [0, 0.05) is 30.2 Å². The van der Waals surface area contributed by atoms with Crippen LogP contribution in [-0.2, 0) is 4.79 Å². The maximum absolute atomic E-state index is 11.8. The Labute approximate surface area is 118 Å². The molecule has 2 heterocycles. The number of rotatable bonds is 2. The van der Waals surface area contributed by atoms with Crippen molar-refractivity contribution in [3.8, 4) is 0 Å². The fourth-order valence-electron chi connectivity index (χ4n) is 2.71. The summed E-state index contributed by atoms with van der Waals surface area (Å²) >= 11 is 1.75. The lowest BCUT2D eigenvalue weighted by molar-refractivity contribution is -0.117. The monoisotopic (exact) mass is 277 g/mol. The summed E-state index contributed by atoms with van der Waals surface area (Å²) in [6.07, 6.45) is 7.53. The van der Waals surface area contributed by atoms with E-state index in [4.69, 9.17) is 0 Å². The summed E-state index contributed by atoms with van der Waals surface area (Å²) in [6.45, 7) is 0. The molecule has 0 spiro atoms. The van der Waals surface area contributed by atoms with Crippen LogP contribution in [-0.4, -0.2) is 29.7 Å². The highest BCUT2D eigenvalue weighted by Crippen LogP contribution is 2.35. The zero-order chi connectivity index (χ0) is 13.2. The summed E-state index contributed by atoms with van der Waals surface area (Å²) in [5, 5.41) is 3.51. The van der Waals surface area contributed by atoms with Crippen molar-refractivity contribution in [1.29, 1.82) is 0 Å². The fraction of sp³-hybridized carbons (Fsp3) is 0.571. The molecule has 0 saturated heterocycles. The summed E-state index contributed by atoms with van der Waals surface area (Å²) in [4.78, 5) is 19.2. The first-order chi connectivity index (χ1) is 9.24. The van der Waals surface area contributed by atoms with E-state index in [1.165, 1.54) is 25.7 Å². The molecule has 3 rings (SSSR count). The van der Waals surface area contributed by atoms with Gasteiger partial charge in [0.25, 0.3) is 0 Å². The van der Waals surface area contributed by atoms with Crippen LogP contribution in [0.3, 0.4) is 0 Å². The van der Waals surface area contributed by atoms with Crippen LogP contribution in [0.2, 0.25) is 0 Å². The number of fused-ring (bicyclic) bond motifs is 1. The molecule has 1 aromatic rings. The molecule has 0 atom stereocenters. The first kappa shape index (κ1) is 12.8. The van der Waals surface area contributed by atoms with E-state index in [9.17, 15) is 4.79 Å². The molecular formula is C14H19N3OS. The van der Waals surface area contributed by atoms with E-state index in [1.54, 1.807) is 16.7 Å². The molecule has 0 bridgehead atoms. The highest BCUT2D eigenvalue weighted by molar-refractivity contribution is 7.99. The SMILES string of the molecule is CN1C(=O)CCSc2cc(NC3CCCC3)ncc21.